The molecule has 1 nitrogen and oxygen atoms in total. The van der Waals surface area contributed by atoms with E-state index in [9.17, 15) is 5.11 Å². The van der Waals surface area contributed by atoms with Crippen molar-refractivity contribution in [1.29, 1.82) is 0 Å². The first-order valence-electron chi connectivity index (χ1n) is 3.51. The third-order valence-corrected chi connectivity index (χ3v) is 5.38. The van der Waals surface area contributed by atoms with Crippen molar-refractivity contribution in [2.24, 2.45) is 0 Å². The van der Waals surface area contributed by atoms with Gasteiger partial charge in [-0.25, -0.2) is 0 Å². The fraction of sp³-hybridized carbons (Fsp3) is 1.00. The van der Waals surface area contributed by atoms with E-state index in [-0.39, 0.29) is 6.10 Å². The lowest BCUT2D eigenvalue weighted by Gasteiger charge is -2.23. The van der Waals surface area contributed by atoms with Gasteiger partial charge in [-0.3, -0.25) is 0 Å². The zero-order valence-corrected chi connectivity index (χ0v) is 8.10. The molecule has 0 aromatic heterocycles. The Morgan fingerprint density at radius 3 is 2.20 bits per heavy atom. The Labute approximate surface area is 71.0 Å². The second-order valence-electron chi connectivity index (χ2n) is 2.72. The molecule has 0 radical (unpaired) electrons. The molecule has 0 aromatic rings. The topological polar surface area (TPSA) is 20.2 Å². The van der Waals surface area contributed by atoms with Gasteiger partial charge in [0.05, 0.1) is 10.2 Å². The zero-order chi connectivity index (χ0) is 7.61. The summed E-state index contributed by atoms with van der Waals surface area (Å²) >= 11 is 3.77. The maximum Gasteiger partial charge on any atom is 0.0631 e. The first kappa shape index (κ1) is 8.75. The highest BCUT2D eigenvalue weighted by molar-refractivity contribution is 8.17. The van der Waals surface area contributed by atoms with Crippen LogP contribution in [0.2, 0.25) is 0 Å². The highest BCUT2D eigenvalue weighted by atomic mass is 32.2. The van der Waals surface area contributed by atoms with Gasteiger partial charge < -0.3 is 5.11 Å². The maximum absolute atomic E-state index is 9.30. The van der Waals surface area contributed by atoms with E-state index < -0.39 is 0 Å². The molecule has 1 N–H and O–H groups in total. The molecule has 1 rings (SSSR count). The van der Waals surface area contributed by atoms with Crippen LogP contribution in [-0.2, 0) is 0 Å². The van der Waals surface area contributed by atoms with Crippen LogP contribution >= 0.6 is 23.5 Å². The molecular weight excluding hydrogens is 164 g/mol. The van der Waals surface area contributed by atoms with Gasteiger partial charge in [0.1, 0.15) is 0 Å². The first-order chi connectivity index (χ1) is 4.72. The van der Waals surface area contributed by atoms with E-state index in [1.165, 1.54) is 0 Å². The third kappa shape index (κ3) is 1.63. The van der Waals surface area contributed by atoms with Gasteiger partial charge in [0.25, 0.3) is 0 Å². The van der Waals surface area contributed by atoms with Crippen LogP contribution in [0, 0.1) is 0 Å². The molecule has 0 amide bonds. The van der Waals surface area contributed by atoms with Gasteiger partial charge in [-0.05, 0) is 31.8 Å². The summed E-state index contributed by atoms with van der Waals surface area (Å²) in [5, 5.41) is 9.30. The average molecular weight is 178 g/mol. The van der Waals surface area contributed by atoms with E-state index in [4.69, 9.17) is 0 Å². The minimum absolute atomic E-state index is 0.0418. The summed E-state index contributed by atoms with van der Waals surface area (Å²) in [6, 6.07) is 0. The van der Waals surface area contributed by atoms with E-state index in [0.717, 1.165) is 19.3 Å². The summed E-state index contributed by atoms with van der Waals surface area (Å²) in [5.41, 5.74) is 0. The van der Waals surface area contributed by atoms with Crippen LogP contribution in [0.4, 0.5) is 0 Å². The smallest absolute Gasteiger partial charge is 0.0631 e. The normalized spacial score (nSPS) is 30.9. The van der Waals surface area contributed by atoms with Crippen LogP contribution in [-0.4, -0.2) is 27.8 Å². The fourth-order valence-electron chi connectivity index (χ4n) is 1.40. The molecular formula is C7H14OS2. The maximum atomic E-state index is 9.30. The minimum Gasteiger partial charge on any atom is -0.393 e. The van der Waals surface area contributed by atoms with Crippen LogP contribution in [0.25, 0.3) is 0 Å². The highest BCUT2D eigenvalue weighted by Gasteiger charge is 2.36. The largest absolute Gasteiger partial charge is 0.393 e. The molecule has 0 bridgehead atoms. The molecule has 60 valence electrons. The number of rotatable bonds is 2. The van der Waals surface area contributed by atoms with Crippen LogP contribution in [0.3, 0.4) is 0 Å². The molecule has 0 heterocycles. The van der Waals surface area contributed by atoms with Crippen molar-refractivity contribution < 1.29 is 5.11 Å². The summed E-state index contributed by atoms with van der Waals surface area (Å²) in [6.07, 6.45) is 7.34. The lowest BCUT2D eigenvalue weighted by Crippen LogP contribution is -2.15. The first-order valence-corrected chi connectivity index (χ1v) is 5.96. The summed E-state index contributed by atoms with van der Waals surface area (Å²) in [4.78, 5) is 0. The second kappa shape index (κ2) is 3.37. The van der Waals surface area contributed by atoms with Gasteiger partial charge >= 0.3 is 0 Å². The number of aliphatic hydroxyl groups excluding tert-OH is 1. The van der Waals surface area contributed by atoms with E-state index in [1.54, 1.807) is 0 Å². The van der Waals surface area contributed by atoms with Crippen molar-refractivity contribution in [3.63, 3.8) is 0 Å². The van der Waals surface area contributed by atoms with Crippen LogP contribution in [0.15, 0.2) is 0 Å². The van der Waals surface area contributed by atoms with Crippen molar-refractivity contribution in [1.82, 2.24) is 0 Å². The van der Waals surface area contributed by atoms with E-state index in [0.29, 0.717) is 4.08 Å². The standard InChI is InChI=1S/C7H14OS2/c1-9-7(10-2)4-3-6(8)5-7/h6,8H,3-5H2,1-2H3. The van der Waals surface area contributed by atoms with Crippen molar-refractivity contribution in [2.45, 2.75) is 29.4 Å². The van der Waals surface area contributed by atoms with Crippen molar-refractivity contribution >= 4 is 23.5 Å². The van der Waals surface area contributed by atoms with Crippen molar-refractivity contribution in [3.8, 4) is 0 Å². The number of hydrogen-bond acceptors (Lipinski definition) is 3. The van der Waals surface area contributed by atoms with Crippen molar-refractivity contribution in [2.75, 3.05) is 12.5 Å². The second-order valence-corrected chi connectivity index (χ2v) is 5.35. The summed E-state index contributed by atoms with van der Waals surface area (Å²) < 4.78 is 0.333. The molecule has 0 saturated heterocycles. The van der Waals surface area contributed by atoms with E-state index >= 15 is 0 Å². The predicted molar refractivity (Wildman–Crippen MR) is 49.6 cm³/mol. The number of thioether (sulfide) groups is 2. The average Bonchev–Trinajstić information content (AvgIpc) is 2.33. The van der Waals surface area contributed by atoms with Gasteiger partial charge in [-0.2, -0.15) is 0 Å². The van der Waals surface area contributed by atoms with Gasteiger partial charge in [0.15, 0.2) is 0 Å². The molecule has 10 heavy (non-hydrogen) atoms. The summed E-state index contributed by atoms with van der Waals surface area (Å²) in [6.45, 7) is 0. The molecule has 1 aliphatic carbocycles. The Morgan fingerprint density at radius 2 is 2.00 bits per heavy atom. The van der Waals surface area contributed by atoms with E-state index in [1.807, 2.05) is 23.5 Å². The van der Waals surface area contributed by atoms with Gasteiger partial charge in [-0.15, -0.1) is 23.5 Å². The molecule has 1 aliphatic rings. The lowest BCUT2D eigenvalue weighted by atomic mass is 10.3. The predicted octanol–water partition coefficient (Wildman–Crippen LogP) is 1.95. The van der Waals surface area contributed by atoms with E-state index in [2.05, 4.69) is 12.5 Å². The molecule has 0 aliphatic heterocycles. The highest BCUT2D eigenvalue weighted by Crippen LogP contribution is 2.47. The van der Waals surface area contributed by atoms with Crippen LogP contribution in [0.1, 0.15) is 19.3 Å². The number of hydrogen-bond donors (Lipinski definition) is 1. The molecule has 1 fully saturated rings. The SMILES string of the molecule is CSC1(SC)CCC(O)C1. The monoisotopic (exact) mass is 178 g/mol. The molecule has 1 unspecified atom stereocenters. The Hall–Kier alpha value is 0.660. The summed E-state index contributed by atoms with van der Waals surface area (Å²) in [5.74, 6) is 0. The third-order valence-electron chi connectivity index (χ3n) is 2.15. The molecule has 3 heteroatoms. The molecule has 0 spiro atoms. The quantitative estimate of drug-likeness (QED) is 0.653. The van der Waals surface area contributed by atoms with Crippen LogP contribution in [0.5, 0.6) is 0 Å². The number of aliphatic hydroxyl groups is 1. The zero-order valence-electron chi connectivity index (χ0n) is 6.46. The van der Waals surface area contributed by atoms with Crippen molar-refractivity contribution in [3.05, 3.63) is 0 Å². The Balaban J connectivity index is 2.51. The van der Waals surface area contributed by atoms with Gasteiger partial charge in [0.2, 0.25) is 0 Å². The Bertz CT molecular complexity index is 112. The molecule has 1 atom stereocenters. The lowest BCUT2D eigenvalue weighted by molar-refractivity contribution is 0.183. The fourth-order valence-corrected chi connectivity index (χ4v) is 3.43. The molecule has 0 aromatic carbocycles. The van der Waals surface area contributed by atoms with Crippen LogP contribution < -0.4 is 0 Å². The van der Waals surface area contributed by atoms with Gasteiger partial charge in [0, 0.05) is 0 Å². The van der Waals surface area contributed by atoms with Gasteiger partial charge in [-0.1, -0.05) is 0 Å². The summed E-state index contributed by atoms with van der Waals surface area (Å²) in [7, 11) is 0. The Kier molecular flexibility index (Phi) is 2.95. The minimum atomic E-state index is -0.0418. The Morgan fingerprint density at radius 1 is 1.40 bits per heavy atom. The molecule has 1 saturated carbocycles.